The molecule has 1 unspecified atom stereocenters. The average Bonchev–Trinajstić information content (AvgIpc) is 2.96. The Labute approximate surface area is 105 Å². The quantitative estimate of drug-likeness (QED) is 0.877. The van der Waals surface area contributed by atoms with Gasteiger partial charge >= 0.3 is 0 Å². The molecule has 0 aliphatic heterocycles. The molecule has 0 aromatic carbocycles. The molecule has 1 aliphatic carbocycles. The first-order chi connectivity index (χ1) is 8.33. The number of nitrogens with one attached hydrogen (secondary N) is 1. The van der Waals surface area contributed by atoms with Crippen LogP contribution in [0.5, 0.6) is 0 Å². The highest BCUT2D eigenvalue weighted by molar-refractivity contribution is 7.12. The zero-order chi connectivity index (χ0) is 11.7. The van der Waals surface area contributed by atoms with E-state index < -0.39 is 6.10 Å². The van der Waals surface area contributed by atoms with Gasteiger partial charge in [-0.3, -0.25) is 0 Å². The topological polar surface area (TPSA) is 48.9 Å². The van der Waals surface area contributed by atoms with Crippen molar-refractivity contribution in [1.29, 1.82) is 0 Å². The van der Waals surface area contributed by atoms with Crippen molar-refractivity contribution >= 4 is 11.3 Å². The van der Waals surface area contributed by atoms with Gasteiger partial charge < -0.3 is 10.1 Å². The largest absolute Gasteiger partial charge is 0.387 e. The van der Waals surface area contributed by atoms with E-state index >= 15 is 0 Å². The number of aromatic amines is 1. The van der Waals surface area contributed by atoms with Gasteiger partial charge in [-0.1, -0.05) is 0 Å². The number of thiophene rings is 1. The number of aromatic nitrogens is 2. The normalized spacial score (nSPS) is 16.8. The summed E-state index contributed by atoms with van der Waals surface area (Å²) in [5.74, 6) is 0.851. The first kappa shape index (κ1) is 11.0. The molecule has 2 heterocycles. The van der Waals surface area contributed by atoms with Crippen molar-refractivity contribution in [2.75, 3.05) is 0 Å². The van der Waals surface area contributed by atoms with Crippen LogP contribution in [0.2, 0.25) is 0 Å². The highest BCUT2D eigenvalue weighted by Gasteiger charge is 2.18. The van der Waals surface area contributed by atoms with Gasteiger partial charge in [-0.25, -0.2) is 4.98 Å². The number of aryl methyl sites for hydroxylation is 2. The van der Waals surface area contributed by atoms with E-state index in [1.807, 2.05) is 0 Å². The third-order valence-corrected chi connectivity index (χ3v) is 4.62. The predicted octanol–water partition coefficient (Wildman–Crippen LogP) is 2.63. The Balaban J connectivity index is 1.77. The number of nitrogens with zero attached hydrogens (tertiary/aromatic N) is 1. The van der Waals surface area contributed by atoms with Crippen LogP contribution >= 0.6 is 11.3 Å². The minimum Gasteiger partial charge on any atom is -0.387 e. The Morgan fingerprint density at radius 2 is 2.29 bits per heavy atom. The van der Waals surface area contributed by atoms with E-state index in [1.165, 1.54) is 36.1 Å². The molecular formula is C13H16N2OS. The van der Waals surface area contributed by atoms with Crippen LogP contribution in [0.15, 0.2) is 18.5 Å². The number of fused-ring (bicyclic) bond motifs is 1. The Kier molecular flexibility index (Phi) is 2.99. The lowest BCUT2D eigenvalue weighted by molar-refractivity contribution is 0.180. The van der Waals surface area contributed by atoms with Crippen LogP contribution in [0.3, 0.4) is 0 Å². The molecule has 2 aromatic rings. The van der Waals surface area contributed by atoms with Gasteiger partial charge in [0.25, 0.3) is 0 Å². The second kappa shape index (κ2) is 4.63. The Morgan fingerprint density at radius 1 is 1.41 bits per heavy atom. The number of H-pyrrole nitrogens is 1. The summed E-state index contributed by atoms with van der Waals surface area (Å²) in [6.45, 7) is 0. The van der Waals surface area contributed by atoms with E-state index in [0.717, 1.165) is 10.7 Å². The monoisotopic (exact) mass is 248 g/mol. The molecule has 0 bridgehead atoms. The zero-order valence-electron chi connectivity index (χ0n) is 9.65. The average molecular weight is 248 g/mol. The van der Waals surface area contributed by atoms with Gasteiger partial charge in [0, 0.05) is 28.6 Å². The van der Waals surface area contributed by atoms with Gasteiger partial charge in [0.05, 0.1) is 6.10 Å². The molecule has 3 rings (SSSR count). The molecule has 0 saturated carbocycles. The molecule has 0 saturated heterocycles. The number of rotatable bonds is 3. The SMILES string of the molecule is OC(Cc1ncc[nH]1)c1cc2c(s1)CCCC2. The smallest absolute Gasteiger partial charge is 0.108 e. The van der Waals surface area contributed by atoms with Crippen molar-refractivity contribution in [2.24, 2.45) is 0 Å². The lowest BCUT2D eigenvalue weighted by Crippen LogP contribution is -2.01. The summed E-state index contributed by atoms with van der Waals surface area (Å²) in [4.78, 5) is 9.75. The van der Waals surface area contributed by atoms with Crippen molar-refractivity contribution in [1.82, 2.24) is 9.97 Å². The molecule has 0 spiro atoms. The molecule has 0 fully saturated rings. The highest BCUT2D eigenvalue weighted by Crippen LogP contribution is 2.33. The number of hydrogen-bond acceptors (Lipinski definition) is 3. The van der Waals surface area contributed by atoms with Crippen LogP contribution in [0.25, 0.3) is 0 Å². The molecule has 0 amide bonds. The summed E-state index contributed by atoms with van der Waals surface area (Å²) in [6, 6.07) is 2.19. The van der Waals surface area contributed by atoms with E-state index in [0.29, 0.717) is 6.42 Å². The van der Waals surface area contributed by atoms with Crippen LogP contribution < -0.4 is 0 Å². The molecule has 90 valence electrons. The maximum absolute atomic E-state index is 10.2. The second-order valence-corrected chi connectivity index (χ2v) is 5.73. The molecule has 3 nitrogen and oxygen atoms in total. The van der Waals surface area contributed by atoms with Crippen LogP contribution in [0.4, 0.5) is 0 Å². The number of imidazole rings is 1. The molecule has 4 heteroatoms. The third kappa shape index (κ3) is 2.28. The standard InChI is InChI=1S/C13H16N2OS/c16-10(8-13-14-5-6-15-13)12-7-9-3-1-2-4-11(9)17-12/h5-7,10,16H,1-4,8H2,(H,14,15). The Bertz CT molecular complexity index is 466. The molecule has 17 heavy (non-hydrogen) atoms. The summed E-state index contributed by atoms with van der Waals surface area (Å²) in [7, 11) is 0. The zero-order valence-corrected chi connectivity index (χ0v) is 10.5. The molecule has 1 atom stereocenters. The van der Waals surface area contributed by atoms with Crippen molar-refractivity contribution in [3.05, 3.63) is 39.6 Å². The molecule has 2 aromatic heterocycles. The van der Waals surface area contributed by atoms with Gasteiger partial charge in [0.2, 0.25) is 0 Å². The first-order valence-corrected chi connectivity index (χ1v) is 6.92. The van der Waals surface area contributed by atoms with Crippen molar-refractivity contribution in [2.45, 2.75) is 38.2 Å². The van der Waals surface area contributed by atoms with Crippen LogP contribution in [-0.2, 0) is 19.3 Å². The fraction of sp³-hybridized carbons (Fsp3) is 0.462. The Morgan fingerprint density at radius 3 is 3.06 bits per heavy atom. The second-order valence-electron chi connectivity index (χ2n) is 4.56. The van der Waals surface area contributed by atoms with E-state index in [4.69, 9.17) is 0 Å². The van der Waals surface area contributed by atoms with E-state index in [-0.39, 0.29) is 0 Å². The van der Waals surface area contributed by atoms with E-state index in [9.17, 15) is 5.11 Å². The van der Waals surface area contributed by atoms with Gasteiger partial charge in [-0.2, -0.15) is 0 Å². The summed E-state index contributed by atoms with van der Waals surface area (Å²) in [5, 5.41) is 10.2. The summed E-state index contributed by atoms with van der Waals surface area (Å²) in [6.07, 6.45) is 8.62. The fourth-order valence-electron chi connectivity index (χ4n) is 2.37. The van der Waals surface area contributed by atoms with Gasteiger partial charge in [0.1, 0.15) is 5.82 Å². The molecule has 2 N–H and O–H groups in total. The minimum atomic E-state index is -0.420. The number of aliphatic hydroxyl groups excluding tert-OH is 1. The lowest BCUT2D eigenvalue weighted by Gasteiger charge is -2.08. The molecule has 1 aliphatic rings. The molecule has 0 radical (unpaired) electrons. The van der Waals surface area contributed by atoms with Crippen LogP contribution in [-0.4, -0.2) is 15.1 Å². The maximum atomic E-state index is 10.2. The van der Waals surface area contributed by atoms with Gasteiger partial charge in [0.15, 0.2) is 0 Å². The fourth-order valence-corrected chi connectivity index (χ4v) is 3.61. The van der Waals surface area contributed by atoms with Crippen LogP contribution in [0.1, 0.15) is 40.1 Å². The van der Waals surface area contributed by atoms with Crippen molar-refractivity contribution < 1.29 is 5.11 Å². The first-order valence-electron chi connectivity index (χ1n) is 6.11. The predicted molar refractivity (Wildman–Crippen MR) is 68.2 cm³/mol. The van der Waals surface area contributed by atoms with E-state index in [1.54, 1.807) is 23.7 Å². The van der Waals surface area contributed by atoms with Gasteiger partial charge in [-0.15, -0.1) is 11.3 Å². The Hall–Kier alpha value is -1.13. The summed E-state index contributed by atoms with van der Waals surface area (Å²) in [5.41, 5.74) is 1.45. The summed E-state index contributed by atoms with van der Waals surface area (Å²) < 4.78 is 0. The minimum absolute atomic E-state index is 0.420. The summed E-state index contributed by atoms with van der Waals surface area (Å²) >= 11 is 1.77. The highest BCUT2D eigenvalue weighted by atomic mass is 32.1. The van der Waals surface area contributed by atoms with Crippen molar-refractivity contribution in [3.8, 4) is 0 Å². The lowest BCUT2D eigenvalue weighted by atomic mass is 9.99. The third-order valence-electron chi connectivity index (χ3n) is 3.29. The number of hydrogen-bond donors (Lipinski definition) is 2. The van der Waals surface area contributed by atoms with Crippen LogP contribution in [0, 0.1) is 0 Å². The number of aliphatic hydroxyl groups is 1. The van der Waals surface area contributed by atoms with E-state index in [2.05, 4.69) is 16.0 Å². The maximum Gasteiger partial charge on any atom is 0.108 e. The van der Waals surface area contributed by atoms with Crippen molar-refractivity contribution in [3.63, 3.8) is 0 Å². The van der Waals surface area contributed by atoms with Gasteiger partial charge in [-0.05, 0) is 37.3 Å². The molecular weight excluding hydrogens is 232 g/mol.